The van der Waals surface area contributed by atoms with Gasteiger partial charge in [0.15, 0.2) is 0 Å². The van der Waals surface area contributed by atoms with Crippen LogP contribution in [-0.2, 0) is 0 Å². The zero-order valence-corrected chi connectivity index (χ0v) is 13.0. The topological polar surface area (TPSA) is 61.4 Å². The van der Waals surface area contributed by atoms with Gasteiger partial charge in [0.05, 0.1) is 11.7 Å². The number of amides is 2. The Hall–Kier alpha value is -3.27. The van der Waals surface area contributed by atoms with E-state index in [-0.39, 0.29) is 17.8 Å². The molecule has 3 aromatic rings. The summed E-state index contributed by atoms with van der Waals surface area (Å²) in [5.41, 5.74) is 2.34. The predicted octanol–water partition coefficient (Wildman–Crippen LogP) is 4.30. The summed E-state index contributed by atoms with van der Waals surface area (Å²) in [6, 6.07) is 25.5. The summed E-state index contributed by atoms with van der Waals surface area (Å²) in [7, 11) is 0. The lowest BCUT2D eigenvalue weighted by Gasteiger charge is -2.20. The molecule has 4 nitrogen and oxygen atoms in total. The van der Waals surface area contributed by atoms with Gasteiger partial charge in [0.2, 0.25) is 0 Å². The highest BCUT2D eigenvalue weighted by Gasteiger charge is 2.17. The van der Waals surface area contributed by atoms with Gasteiger partial charge in [-0.1, -0.05) is 72.8 Å². The van der Waals surface area contributed by atoms with Crippen LogP contribution >= 0.6 is 0 Å². The number of aromatic hydroxyl groups is 1. The Labute approximate surface area is 140 Å². The van der Waals surface area contributed by atoms with Crippen LogP contribution in [0.4, 0.5) is 10.5 Å². The van der Waals surface area contributed by atoms with E-state index in [4.69, 9.17) is 0 Å². The highest BCUT2D eigenvalue weighted by Crippen LogP contribution is 2.24. The fourth-order valence-electron chi connectivity index (χ4n) is 2.52. The molecule has 2 amide bonds. The Morgan fingerprint density at radius 2 is 1.25 bits per heavy atom. The number of phenols is 1. The predicted molar refractivity (Wildman–Crippen MR) is 95.0 cm³/mol. The van der Waals surface area contributed by atoms with E-state index in [1.165, 1.54) is 6.07 Å². The molecule has 4 heteroatoms. The summed E-state index contributed by atoms with van der Waals surface area (Å²) >= 11 is 0. The minimum absolute atomic E-state index is 0.0311. The Bertz CT molecular complexity index is 765. The molecule has 0 saturated heterocycles. The summed E-state index contributed by atoms with van der Waals surface area (Å²) in [5, 5.41) is 15.4. The van der Waals surface area contributed by atoms with Crippen LogP contribution in [0.15, 0.2) is 84.9 Å². The van der Waals surface area contributed by atoms with Gasteiger partial charge in [-0.15, -0.1) is 0 Å². The highest BCUT2D eigenvalue weighted by atomic mass is 16.3. The molecule has 3 N–H and O–H groups in total. The molecule has 24 heavy (non-hydrogen) atoms. The maximum atomic E-state index is 12.4. The van der Waals surface area contributed by atoms with Gasteiger partial charge >= 0.3 is 6.03 Å². The normalized spacial score (nSPS) is 10.4. The van der Waals surface area contributed by atoms with E-state index in [1.54, 1.807) is 18.2 Å². The van der Waals surface area contributed by atoms with Gasteiger partial charge in [0, 0.05) is 0 Å². The second-order valence-corrected chi connectivity index (χ2v) is 5.37. The SMILES string of the molecule is O=C(Nc1ccccc1O)NC(c1ccccc1)c1ccccc1. The number of nitrogens with one attached hydrogen (secondary N) is 2. The molecule has 0 aromatic heterocycles. The van der Waals surface area contributed by atoms with E-state index in [1.807, 2.05) is 60.7 Å². The van der Waals surface area contributed by atoms with Crippen LogP contribution in [0, 0.1) is 0 Å². The van der Waals surface area contributed by atoms with Crippen LogP contribution in [0.1, 0.15) is 17.2 Å². The summed E-state index contributed by atoms with van der Waals surface area (Å²) in [6.07, 6.45) is 0. The lowest BCUT2D eigenvalue weighted by atomic mass is 9.99. The second-order valence-electron chi connectivity index (χ2n) is 5.37. The van der Waals surface area contributed by atoms with Crippen molar-refractivity contribution in [2.75, 3.05) is 5.32 Å². The van der Waals surface area contributed by atoms with E-state index in [0.29, 0.717) is 5.69 Å². The molecule has 0 fully saturated rings. The Morgan fingerprint density at radius 1 is 0.750 bits per heavy atom. The number of hydrogen-bond donors (Lipinski definition) is 3. The summed E-state index contributed by atoms with van der Waals surface area (Å²) < 4.78 is 0. The van der Waals surface area contributed by atoms with E-state index >= 15 is 0 Å². The van der Waals surface area contributed by atoms with Gasteiger partial charge in [0.25, 0.3) is 0 Å². The van der Waals surface area contributed by atoms with E-state index in [9.17, 15) is 9.90 Å². The molecule has 0 bridgehead atoms. The number of para-hydroxylation sites is 2. The second kappa shape index (κ2) is 7.33. The molecule has 0 aliphatic carbocycles. The first-order chi connectivity index (χ1) is 11.7. The molecule has 0 saturated carbocycles. The fourth-order valence-corrected chi connectivity index (χ4v) is 2.52. The van der Waals surface area contributed by atoms with Gasteiger partial charge in [0.1, 0.15) is 5.75 Å². The minimum atomic E-state index is -0.380. The quantitative estimate of drug-likeness (QED) is 0.628. The van der Waals surface area contributed by atoms with Crippen molar-refractivity contribution in [1.82, 2.24) is 5.32 Å². The van der Waals surface area contributed by atoms with Crippen molar-refractivity contribution in [3.63, 3.8) is 0 Å². The zero-order chi connectivity index (χ0) is 16.8. The molecule has 0 heterocycles. The van der Waals surface area contributed by atoms with Gasteiger partial charge in [-0.25, -0.2) is 4.79 Å². The van der Waals surface area contributed by atoms with Crippen molar-refractivity contribution >= 4 is 11.7 Å². The molecule has 0 unspecified atom stereocenters. The van der Waals surface area contributed by atoms with E-state index in [2.05, 4.69) is 10.6 Å². The standard InChI is InChI=1S/C20H18N2O2/c23-18-14-8-7-13-17(18)21-20(24)22-19(15-9-3-1-4-10-15)16-11-5-2-6-12-16/h1-14,19,23H,(H2,21,22,24). The number of phenolic OH excluding ortho intramolecular Hbond substituents is 1. The Kier molecular flexibility index (Phi) is 4.77. The lowest BCUT2D eigenvalue weighted by molar-refractivity contribution is 0.250. The number of hydrogen-bond acceptors (Lipinski definition) is 2. The molecular formula is C20H18N2O2. The highest BCUT2D eigenvalue weighted by molar-refractivity contribution is 5.91. The molecule has 0 radical (unpaired) electrons. The van der Waals surface area contributed by atoms with Crippen molar-refractivity contribution in [2.24, 2.45) is 0 Å². The molecule has 0 aliphatic heterocycles. The van der Waals surface area contributed by atoms with Crippen LogP contribution in [0.5, 0.6) is 5.75 Å². The van der Waals surface area contributed by atoms with Crippen LogP contribution in [0.2, 0.25) is 0 Å². The van der Waals surface area contributed by atoms with E-state index in [0.717, 1.165) is 11.1 Å². The third-order valence-corrected chi connectivity index (χ3v) is 3.69. The third kappa shape index (κ3) is 3.73. The number of rotatable bonds is 4. The summed E-state index contributed by atoms with van der Waals surface area (Å²) in [5.74, 6) is 0.0311. The molecule has 3 aromatic carbocycles. The maximum Gasteiger partial charge on any atom is 0.320 e. The zero-order valence-electron chi connectivity index (χ0n) is 13.0. The fraction of sp³-hybridized carbons (Fsp3) is 0.0500. The average Bonchev–Trinajstić information content (AvgIpc) is 2.63. The van der Waals surface area contributed by atoms with E-state index < -0.39 is 0 Å². The number of carbonyl (C=O) groups excluding carboxylic acids is 1. The first-order valence-corrected chi connectivity index (χ1v) is 7.69. The molecule has 0 atom stereocenters. The van der Waals surface area contributed by atoms with Crippen LogP contribution in [0.3, 0.4) is 0 Å². The smallest absolute Gasteiger partial charge is 0.320 e. The summed E-state index contributed by atoms with van der Waals surface area (Å²) in [4.78, 5) is 12.4. The third-order valence-electron chi connectivity index (χ3n) is 3.69. The molecule has 0 aliphatic rings. The molecule has 120 valence electrons. The van der Waals surface area contributed by atoms with Crippen LogP contribution in [0.25, 0.3) is 0 Å². The monoisotopic (exact) mass is 318 g/mol. The van der Waals surface area contributed by atoms with Crippen molar-refractivity contribution in [1.29, 1.82) is 0 Å². The van der Waals surface area contributed by atoms with Gasteiger partial charge in [-0.05, 0) is 23.3 Å². The van der Waals surface area contributed by atoms with Crippen molar-refractivity contribution < 1.29 is 9.90 Å². The van der Waals surface area contributed by atoms with Crippen molar-refractivity contribution in [2.45, 2.75) is 6.04 Å². The van der Waals surface area contributed by atoms with Gasteiger partial charge in [-0.2, -0.15) is 0 Å². The first-order valence-electron chi connectivity index (χ1n) is 7.69. The lowest BCUT2D eigenvalue weighted by Crippen LogP contribution is -2.33. The number of urea groups is 1. The Balaban J connectivity index is 1.82. The maximum absolute atomic E-state index is 12.4. The minimum Gasteiger partial charge on any atom is -0.506 e. The number of anilines is 1. The van der Waals surface area contributed by atoms with Crippen molar-refractivity contribution in [3.05, 3.63) is 96.1 Å². The average molecular weight is 318 g/mol. The molecule has 3 rings (SSSR count). The first kappa shape index (κ1) is 15.6. The molecule has 0 spiro atoms. The number of carbonyl (C=O) groups is 1. The van der Waals surface area contributed by atoms with Crippen LogP contribution < -0.4 is 10.6 Å². The van der Waals surface area contributed by atoms with Crippen LogP contribution in [-0.4, -0.2) is 11.1 Å². The van der Waals surface area contributed by atoms with Crippen molar-refractivity contribution in [3.8, 4) is 5.75 Å². The largest absolute Gasteiger partial charge is 0.506 e. The van der Waals surface area contributed by atoms with Gasteiger partial charge in [-0.3, -0.25) is 0 Å². The Morgan fingerprint density at radius 3 is 1.79 bits per heavy atom. The molecular weight excluding hydrogens is 300 g/mol. The summed E-state index contributed by atoms with van der Waals surface area (Å²) in [6.45, 7) is 0. The number of benzene rings is 3. The van der Waals surface area contributed by atoms with Gasteiger partial charge < -0.3 is 15.7 Å².